The number of carboxylic acids is 1. The van der Waals surface area contributed by atoms with Crippen LogP contribution in [0, 0.1) is 0 Å². The van der Waals surface area contributed by atoms with Crippen molar-refractivity contribution in [3.63, 3.8) is 0 Å². The van der Waals surface area contributed by atoms with Gasteiger partial charge >= 0.3 is 24.4 Å². The molecule has 2 aliphatic carbocycles. The lowest BCUT2D eigenvalue weighted by Crippen LogP contribution is -2.55. The Hall–Kier alpha value is -3.68. The second-order valence-corrected chi connectivity index (χ2v) is 11.3. The van der Waals surface area contributed by atoms with E-state index in [4.69, 9.17) is 19.4 Å². The Kier molecular flexibility index (Phi) is 9.91. The fourth-order valence-electron chi connectivity index (χ4n) is 6.45. The molecule has 1 aliphatic heterocycles. The van der Waals surface area contributed by atoms with Crippen molar-refractivity contribution in [2.75, 3.05) is 26.1 Å². The predicted molar refractivity (Wildman–Crippen MR) is 149 cm³/mol. The van der Waals surface area contributed by atoms with E-state index in [1.165, 1.54) is 37.0 Å². The number of carbonyl (C=O) groups excluding carboxylic acids is 1. The van der Waals surface area contributed by atoms with E-state index in [-0.39, 0.29) is 11.5 Å². The number of amides is 2. The van der Waals surface area contributed by atoms with Crippen LogP contribution in [-0.2, 0) is 16.4 Å². The zero-order chi connectivity index (χ0) is 32.3. The minimum Gasteiger partial charge on any atom is -0.493 e. The van der Waals surface area contributed by atoms with Crippen LogP contribution in [0.25, 0.3) is 0 Å². The highest BCUT2D eigenvalue weighted by Crippen LogP contribution is 2.52. The van der Waals surface area contributed by atoms with Crippen molar-refractivity contribution in [1.29, 1.82) is 0 Å². The number of carbonyl (C=O) groups is 2. The van der Waals surface area contributed by atoms with Crippen LogP contribution in [-0.4, -0.2) is 67.1 Å². The predicted octanol–water partition coefficient (Wildman–Crippen LogP) is 6.59. The van der Waals surface area contributed by atoms with Crippen LogP contribution in [0.3, 0.4) is 0 Å². The third kappa shape index (κ3) is 7.33. The molecule has 0 radical (unpaired) electrons. The van der Waals surface area contributed by atoms with Crippen LogP contribution in [0.15, 0.2) is 42.5 Å². The van der Waals surface area contributed by atoms with Gasteiger partial charge in [-0.1, -0.05) is 12.5 Å². The Morgan fingerprint density at radius 3 is 2.09 bits per heavy atom. The van der Waals surface area contributed by atoms with E-state index < -0.39 is 29.9 Å². The maximum absolute atomic E-state index is 12.8. The second-order valence-electron chi connectivity index (χ2n) is 11.3. The Labute approximate surface area is 250 Å². The van der Waals surface area contributed by atoms with E-state index in [0.717, 1.165) is 50.1 Å². The molecular weight excluding hydrogens is 596 g/mol. The molecule has 5 rings (SSSR count). The van der Waals surface area contributed by atoms with Crippen LogP contribution in [0.2, 0.25) is 0 Å². The summed E-state index contributed by atoms with van der Waals surface area (Å²) in [6.07, 6.45) is -2.16. The van der Waals surface area contributed by atoms with Crippen LogP contribution < -0.4 is 20.1 Å². The molecule has 0 unspecified atom stereocenters. The van der Waals surface area contributed by atoms with Crippen molar-refractivity contribution in [3.05, 3.63) is 53.6 Å². The van der Waals surface area contributed by atoms with Gasteiger partial charge in [-0.25, -0.2) is 9.59 Å². The normalized spacial score (nSPS) is 23.8. The summed E-state index contributed by atoms with van der Waals surface area (Å²) in [7, 11) is 3.29. The van der Waals surface area contributed by atoms with Crippen LogP contribution >= 0.6 is 0 Å². The number of anilines is 1. The van der Waals surface area contributed by atoms with Crippen molar-refractivity contribution < 1.29 is 50.5 Å². The number of hydrogen-bond donors (Lipinski definition) is 3. The number of halogens is 6. The highest BCUT2D eigenvalue weighted by Gasteiger charge is 2.53. The smallest absolute Gasteiger partial charge is 0.490 e. The lowest BCUT2D eigenvalue weighted by atomic mass is 9.64. The van der Waals surface area contributed by atoms with E-state index in [9.17, 15) is 31.1 Å². The van der Waals surface area contributed by atoms with E-state index in [1.807, 2.05) is 6.07 Å². The summed E-state index contributed by atoms with van der Waals surface area (Å²) in [5, 5.41) is 12.9. The molecule has 8 nitrogen and oxygen atoms in total. The van der Waals surface area contributed by atoms with E-state index >= 15 is 0 Å². The fourth-order valence-corrected chi connectivity index (χ4v) is 6.45. The zero-order valence-corrected chi connectivity index (χ0v) is 24.2. The number of carboxylic acid groups (broad SMARTS) is 1. The highest BCUT2D eigenvalue weighted by atomic mass is 19.4. The number of likely N-dealkylation sites (tertiary alicyclic amines) is 1. The number of methoxy groups -OCH3 is 2. The Bertz CT molecular complexity index is 1320. The molecule has 14 heteroatoms. The van der Waals surface area contributed by atoms with E-state index in [1.54, 1.807) is 14.2 Å². The molecule has 2 saturated carbocycles. The van der Waals surface area contributed by atoms with Gasteiger partial charge in [-0.05, 0) is 87.0 Å². The monoisotopic (exact) mass is 631 g/mol. The summed E-state index contributed by atoms with van der Waals surface area (Å²) in [4.78, 5) is 24.3. The number of fused-ring (bicyclic) bond motifs is 1. The molecule has 3 atom stereocenters. The molecule has 0 aromatic heterocycles. The van der Waals surface area contributed by atoms with Crippen molar-refractivity contribution in [2.24, 2.45) is 0 Å². The van der Waals surface area contributed by atoms with Gasteiger partial charge in [-0.3, -0.25) is 4.90 Å². The third-order valence-corrected chi connectivity index (χ3v) is 8.85. The SMILES string of the molecule is COc1ccc([C@@]23CC[C@@H](NC(=O)Nc4ccc(C(F)(F)F)cc4)C[C@@H]2N(C2CCC2)CC3)cc1OC.O=C(O)C(F)(F)F. The minimum atomic E-state index is -5.08. The molecule has 1 saturated heterocycles. The van der Waals surface area contributed by atoms with Gasteiger partial charge in [0.15, 0.2) is 11.5 Å². The van der Waals surface area contributed by atoms with Gasteiger partial charge in [0.25, 0.3) is 0 Å². The number of rotatable bonds is 6. The average molecular weight is 632 g/mol. The number of ether oxygens (including phenoxy) is 2. The molecule has 44 heavy (non-hydrogen) atoms. The molecule has 2 amide bonds. The lowest BCUT2D eigenvalue weighted by Gasteiger charge is -2.48. The number of hydrogen-bond acceptors (Lipinski definition) is 5. The highest BCUT2D eigenvalue weighted by molar-refractivity contribution is 5.89. The van der Waals surface area contributed by atoms with Gasteiger partial charge in [0.05, 0.1) is 19.8 Å². The molecule has 3 fully saturated rings. The topological polar surface area (TPSA) is 100 Å². The van der Waals surface area contributed by atoms with Crippen molar-refractivity contribution in [3.8, 4) is 11.5 Å². The number of alkyl halides is 6. The van der Waals surface area contributed by atoms with Crippen LogP contribution in [0.5, 0.6) is 11.5 Å². The quantitative estimate of drug-likeness (QED) is 0.311. The van der Waals surface area contributed by atoms with Crippen molar-refractivity contribution in [1.82, 2.24) is 10.2 Å². The average Bonchev–Trinajstić information content (AvgIpc) is 3.30. The number of benzene rings is 2. The Morgan fingerprint density at radius 2 is 1.57 bits per heavy atom. The maximum atomic E-state index is 12.8. The Morgan fingerprint density at radius 1 is 0.932 bits per heavy atom. The largest absolute Gasteiger partial charge is 0.493 e. The van der Waals surface area contributed by atoms with Crippen molar-refractivity contribution >= 4 is 17.7 Å². The zero-order valence-electron chi connectivity index (χ0n) is 24.2. The van der Waals surface area contributed by atoms with Crippen LogP contribution in [0.4, 0.5) is 36.8 Å². The standard InChI is InChI=1S/C28H34F3N3O3.C2HF3O2/c1-36-23-11-8-19(16-24(23)37-2)27-13-12-21(17-25(27)34(15-14-27)22-4-3-5-22)33-26(35)32-20-9-6-18(7-10-20)28(29,30)31;3-2(4,5)1(6)7/h6-11,16,21-22,25H,3-5,12-15,17H2,1-2H3,(H2,32,33,35);(H,6,7)/t21-,25+,27+;/m1./s1. The number of nitrogens with one attached hydrogen (secondary N) is 2. The van der Waals surface area contributed by atoms with Crippen molar-refractivity contribution in [2.45, 2.75) is 80.8 Å². The number of urea groups is 1. The molecule has 3 aliphatic rings. The van der Waals surface area contributed by atoms with Gasteiger partial charge in [0.1, 0.15) is 0 Å². The van der Waals surface area contributed by atoms with Gasteiger partial charge in [-0.2, -0.15) is 26.3 Å². The molecule has 1 heterocycles. The van der Waals surface area contributed by atoms with E-state index in [0.29, 0.717) is 23.5 Å². The van der Waals surface area contributed by atoms with Gasteiger partial charge in [-0.15, -0.1) is 0 Å². The first-order chi connectivity index (χ1) is 20.7. The molecule has 2 aromatic carbocycles. The number of aliphatic carboxylic acids is 1. The molecule has 3 N–H and O–H groups in total. The van der Waals surface area contributed by atoms with Gasteiger partial charge in [0, 0.05) is 29.2 Å². The second kappa shape index (κ2) is 13.1. The maximum Gasteiger partial charge on any atom is 0.490 e. The van der Waals surface area contributed by atoms with Gasteiger partial charge in [0.2, 0.25) is 0 Å². The molecular formula is C30H35F6N3O5. The first kappa shape index (κ1) is 33.2. The molecule has 0 bridgehead atoms. The summed E-state index contributed by atoms with van der Waals surface area (Å²) < 4.78 is 81.3. The summed E-state index contributed by atoms with van der Waals surface area (Å²) in [5.74, 6) is -1.32. The Balaban J connectivity index is 0.000000566. The summed E-state index contributed by atoms with van der Waals surface area (Å²) in [6, 6.07) is 11.2. The first-order valence-corrected chi connectivity index (χ1v) is 14.2. The first-order valence-electron chi connectivity index (χ1n) is 14.2. The molecule has 242 valence electrons. The summed E-state index contributed by atoms with van der Waals surface area (Å²) in [6.45, 7) is 1.04. The molecule has 2 aromatic rings. The third-order valence-electron chi connectivity index (χ3n) is 8.85. The summed E-state index contributed by atoms with van der Waals surface area (Å²) >= 11 is 0. The van der Waals surface area contributed by atoms with E-state index in [2.05, 4.69) is 27.7 Å². The van der Waals surface area contributed by atoms with Crippen LogP contribution in [0.1, 0.15) is 56.1 Å². The molecule has 0 spiro atoms. The minimum absolute atomic E-state index is 0.0166. The fraction of sp³-hybridized carbons (Fsp3) is 0.533. The summed E-state index contributed by atoms with van der Waals surface area (Å²) in [5.41, 5.74) is 0.828. The lowest BCUT2D eigenvalue weighted by molar-refractivity contribution is -0.192. The van der Waals surface area contributed by atoms with Gasteiger partial charge < -0.3 is 25.2 Å². The number of nitrogens with zero attached hydrogens (tertiary/aromatic N) is 1.